The second kappa shape index (κ2) is 7.80. The SMILES string of the molecule is COCCNC(=O)CSc1nnc(-c2ccccc2)n1C. The van der Waals surface area contributed by atoms with E-state index in [1.807, 2.05) is 41.9 Å². The molecule has 1 heterocycles. The fourth-order valence-electron chi connectivity index (χ4n) is 1.75. The van der Waals surface area contributed by atoms with Crippen LogP contribution >= 0.6 is 11.8 Å². The molecule has 0 saturated heterocycles. The summed E-state index contributed by atoms with van der Waals surface area (Å²) in [6.45, 7) is 1.03. The van der Waals surface area contributed by atoms with Gasteiger partial charge in [0.05, 0.1) is 12.4 Å². The van der Waals surface area contributed by atoms with Crippen LogP contribution in [0.25, 0.3) is 11.4 Å². The van der Waals surface area contributed by atoms with E-state index < -0.39 is 0 Å². The van der Waals surface area contributed by atoms with Gasteiger partial charge >= 0.3 is 0 Å². The number of hydrogen-bond acceptors (Lipinski definition) is 5. The second-order valence-electron chi connectivity index (χ2n) is 4.36. The van der Waals surface area contributed by atoms with Gasteiger partial charge in [-0.2, -0.15) is 0 Å². The third-order valence-corrected chi connectivity index (χ3v) is 3.85. The van der Waals surface area contributed by atoms with Crippen LogP contribution in [0.15, 0.2) is 35.5 Å². The van der Waals surface area contributed by atoms with Gasteiger partial charge in [-0.25, -0.2) is 0 Å². The van der Waals surface area contributed by atoms with Crippen molar-refractivity contribution < 1.29 is 9.53 Å². The highest BCUT2D eigenvalue weighted by molar-refractivity contribution is 7.99. The first-order chi connectivity index (χ1) is 10.2. The zero-order chi connectivity index (χ0) is 15.1. The number of methoxy groups -OCH3 is 1. The molecule has 0 saturated carbocycles. The van der Waals surface area contributed by atoms with Gasteiger partial charge in [-0.3, -0.25) is 4.79 Å². The minimum Gasteiger partial charge on any atom is -0.383 e. The van der Waals surface area contributed by atoms with Crippen molar-refractivity contribution >= 4 is 17.7 Å². The molecule has 0 unspecified atom stereocenters. The van der Waals surface area contributed by atoms with Crippen LogP contribution < -0.4 is 5.32 Å². The largest absolute Gasteiger partial charge is 0.383 e. The maximum Gasteiger partial charge on any atom is 0.230 e. The van der Waals surface area contributed by atoms with Crippen LogP contribution in [-0.4, -0.2) is 46.7 Å². The van der Waals surface area contributed by atoms with Crippen molar-refractivity contribution in [2.75, 3.05) is 26.0 Å². The molecule has 2 rings (SSSR count). The van der Waals surface area contributed by atoms with Crippen LogP contribution in [0.1, 0.15) is 0 Å². The van der Waals surface area contributed by atoms with Crippen LogP contribution in [0.5, 0.6) is 0 Å². The summed E-state index contributed by atoms with van der Waals surface area (Å²) in [5.74, 6) is 1.06. The van der Waals surface area contributed by atoms with Gasteiger partial charge in [-0.1, -0.05) is 42.1 Å². The molecule has 0 aliphatic rings. The average Bonchev–Trinajstić information content (AvgIpc) is 2.87. The van der Waals surface area contributed by atoms with Crippen molar-refractivity contribution in [3.05, 3.63) is 30.3 Å². The van der Waals surface area contributed by atoms with Gasteiger partial charge in [0, 0.05) is 26.3 Å². The Labute approximate surface area is 127 Å². The van der Waals surface area contributed by atoms with Crippen LogP contribution in [-0.2, 0) is 16.6 Å². The van der Waals surface area contributed by atoms with E-state index in [-0.39, 0.29) is 5.91 Å². The summed E-state index contributed by atoms with van der Waals surface area (Å²) in [5, 5.41) is 11.8. The normalized spacial score (nSPS) is 10.6. The van der Waals surface area contributed by atoms with Gasteiger partial charge in [0.1, 0.15) is 0 Å². The highest BCUT2D eigenvalue weighted by Crippen LogP contribution is 2.21. The predicted molar refractivity (Wildman–Crippen MR) is 82.0 cm³/mol. The Morgan fingerprint density at radius 1 is 1.33 bits per heavy atom. The molecule has 112 valence electrons. The van der Waals surface area contributed by atoms with Crippen molar-refractivity contribution in [1.29, 1.82) is 0 Å². The molecule has 0 atom stereocenters. The number of carbonyl (C=O) groups excluding carboxylic acids is 1. The minimum absolute atomic E-state index is 0.0405. The van der Waals surface area contributed by atoms with Gasteiger partial charge in [-0.15, -0.1) is 10.2 Å². The van der Waals surface area contributed by atoms with E-state index in [9.17, 15) is 4.79 Å². The summed E-state index contributed by atoms with van der Waals surface area (Å²) < 4.78 is 6.77. The van der Waals surface area contributed by atoms with Gasteiger partial charge < -0.3 is 14.6 Å². The molecule has 7 heteroatoms. The maximum atomic E-state index is 11.6. The van der Waals surface area contributed by atoms with E-state index in [1.54, 1.807) is 7.11 Å². The van der Waals surface area contributed by atoms with Crippen LogP contribution in [0.4, 0.5) is 0 Å². The fourth-order valence-corrected chi connectivity index (χ4v) is 2.49. The molecule has 1 N–H and O–H groups in total. The van der Waals surface area contributed by atoms with Crippen LogP contribution in [0.2, 0.25) is 0 Å². The Balaban J connectivity index is 1.93. The van der Waals surface area contributed by atoms with Crippen molar-refractivity contribution in [1.82, 2.24) is 20.1 Å². The van der Waals surface area contributed by atoms with Crippen molar-refractivity contribution in [2.24, 2.45) is 7.05 Å². The van der Waals surface area contributed by atoms with Crippen LogP contribution in [0.3, 0.4) is 0 Å². The Morgan fingerprint density at radius 3 is 2.81 bits per heavy atom. The zero-order valence-corrected chi connectivity index (χ0v) is 12.9. The van der Waals surface area contributed by atoms with Gasteiger partial charge in [-0.05, 0) is 0 Å². The van der Waals surface area contributed by atoms with E-state index in [2.05, 4.69) is 15.5 Å². The molecule has 0 fully saturated rings. The molecule has 2 aromatic rings. The topological polar surface area (TPSA) is 69.0 Å². The third kappa shape index (κ3) is 4.30. The highest BCUT2D eigenvalue weighted by atomic mass is 32.2. The van der Waals surface area contributed by atoms with Gasteiger partial charge in [0.25, 0.3) is 0 Å². The number of rotatable bonds is 7. The first kappa shape index (κ1) is 15.5. The molecule has 0 bridgehead atoms. The third-order valence-electron chi connectivity index (χ3n) is 2.83. The lowest BCUT2D eigenvalue weighted by molar-refractivity contribution is -0.118. The van der Waals surface area contributed by atoms with Crippen LogP contribution in [0, 0.1) is 0 Å². The van der Waals surface area contributed by atoms with E-state index in [1.165, 1.54) is 11.8 Å². The van der Waals surface area contributed by atoms with Gasteiger partial charge in [0.15, 0.2) is 11.0 Å². The summed E-state index contributed by atoms with van der Waals surface area (Å²) >= 11 is 1.37. The summed E-state index contributed by atoms with van der Waals surface area (Å²) in [6.07, 6.45) is 0. The summed E-state index contributed by atoms with van der Waals surface area (Å²) in [4.78, 5) is 11.6. The lowest BCUT2D eigenvalue weighted by atomic mass is 10.2. The van der Waals surface area contributed by atoms with E-state index in [0.29, 0.717) is 18.9 Å². The molecular formula is C14H18N4O2S. The number of thioether (sulfide) groups is 1. The average molecular weight is 306 g/mol. The Morgan fingerprint density at radius 2 is 2.10 bits per heavy atom. The number of amides is 1. The first-order valence-electron chi connectivity index (χ1n) is 6.55. The molecule has 0 aliphatic heterocycles. The summed E-state index contributed by atoms with van der Waals surface area (Å²) in [5.41, 5.74) is 1.00. The lowest BCUT2D eigenvalue weighted by Gasteiger charge is -2.05. The van der Waals surface area contributed by atoms with Crippen molar-refractivity contribution in [3.63, 3.8) is 0 Å². The Kier molecular flexibility index (Phi) is 5.77. The van der Waals surface area contributed by atoms with E-state index in [0.717, 1.165) is 16.5 Å². The number of benzene rings is 1. The summed E-state index contributed by atoms with van der Waals surface area (Å²) in [6, 6.07) is 9.84. The molecule has 1 amide bonds. The quantitative estimate of drug-likeness (QED) is 0.617. The predicted octanol–water partition coefficient (Wildman–Crippen LogP) is 1.34. The van der Waals surface area contributed by atoms with E-state index in [4.69, 9.17) is 4.74 Å². The number of aromatic nitrogens is 3. The molecule has 21 heavy (non-hydrogen) atoms. The molecule has 1 aromatic carbocycles. The summed E-state index contributed by atoms with van der Waals surface area (Å²) in [7, 11) is 3.50. The molecular weight excluding hydrogens is 288 g/mol. The van der Waals surface area contributed by atoms with E-state index >= 15 is 0 Å². The molecule has 0 radical (unpaired) electrons. The molecule has 1 aromatic heterocycles. The number of nitrogens with one attached hydrogen (secondary N) is 1. The standard InChI is InChI=1S/C14H18N4O2S/c1-18-13(11-6-4-3-5-7-11)16-17-14(18)21-10-12(19)15-8-9-20-2/h3-7H,8-10H2,1-2H3,(H,15,19). The highest BCUT2D eigenvalue weighted by Gasteiger charge is 2.12. The Bertz CT molecular complexity index is 586. The lowest BCUT2D eigenvalue weighted by Crippen LogP contribution is -2.28. The number of nitrogens with zero attached hydrogens (tertiary/aromatic N) is 3. The van der Waals surface area contributed by atoms with Gasteiger partial charge in [0.2, 0.25) is 5.91 Å². The molecule has 0 spiro atoms. The minimum atomic E-state index is -0.0405. The maximum absolute atomic E-state index is 11.6. The molecule has 6 nitrogen and oxygen atoms in total. The number of carbonyl (C=O) groups is 1. The number of hydrogen-bond donors (Lipinski definition) is 1. The Hall–Kier alpha value is -1.86. The smallest absolute Gasteiger partial charge is 0.230 e. The number of ether oxygens (including phenoxy) is 1. The first-order valence-corrected chi connectivity index (χ1v) is 7.54. The zero-order valence-electron chi connectivity index (χ0n) is 12.1. The fraction of sp³-hybridized carbons (Fsp3) is 0.357. The monoisotopic (exact) mass is 306 g/mol. The molecule has 0 aliphatic carbocycles. The second-order valence-corrected chi connectivity index (χ2v) is 5.31. The van der Waals surface area contributed by atoms with Crippen molar-refractivity contribution in [2.45, 2.75) is 5.16 Å². The van der Waals surface area contributed by atoms with Crippen molar-refractivity contribution in [3.8, 4) is 11.4 Å².